The standard InChI is InChI=1S/C27H30FNO5/c1-3-32-27(31)24-17(2)6-4-9-23(24)25(30)19-7-5-8-22(14-19)33-15-21-16-34-26(29-21)18-10-12-20(28)13-11-18/h4,6,9-13,16,19,22,25,30H,3,5,7-8,14-15H2,1-2H3. The molecule has 1 heterocycles. The zero-order chi connectivity index (χ0) is 24.1. The van der Waals surface area contributed by atoms with E-state index >= 15 is 0 Å². The molecule has 180 valence electrons. The van der Waals surface area contributed by atoms with Gasteiger partial charge in [0.1, 0.15) is 17.8 Å². The van der Waals surface area contributed by atoms with Gasteiger partial charge >= 0.3 is 5.97 Å². The smallest absolute Gasteiger partial charge is 0.338 e. The molecule has 0 spiro atoms. The van der Waals surface area contributed by atoms with Crippen LogP contribution < -0.4 is 0 Å². The number of aliphatic hydroxyl groups excluding tert-OH is 1. The van der Waals surface area contributed by atoms with Crippen LogP contribution in [0, 0.1) is 18.7 Å². The van der Waals surface area contributed by atoms with E-state index in [1.54, 1.807) is 31.4 Å². The first kappa shape index (κ1) is 24.1. The number of aromatic nitrogens is 1. The third-order valence-corrected chi connectivity index (χ3v) is 6.33. The summed E-state index contributed by atoms with van der Waals surface area (Å²) >= 11 is 0. The molecule has 34 heavy (non-hydrogen) atoms. The lowest BCUT2D eigenvalue weighted by atomic mass is 9.80. The Labute approximate surface area is 198 Å². The van der Waals surface area contributed by atoms with Crippen molar-refractivity contribution >= 4 is 5.97 Å². The molecule has 3 atom stereocenters. The van der Waals surface area contributed by atoms with Gasteiger partial charge in [-0.25, -0.2) is 14.2 Å². The number of aliphatic hydroxyl groups is 1. The van der Waals surface area contributed by atoms with Crippen LogP contribution in [0.2, 0.25) is 0 Å². The largest absolute Gasteiger partial charge is 0.462 e. The molecular weight excluding hydrogens is 437 g/mol. The maximum absolute atomic E-state index is 13.1. The highest BCUT2D eigenvalue weighted by molar-refractivity contribution is 5.92. The lowest BCUT2D eigenvalue weighted by Gasteiger charge is -2.33. The van der Waals surface area contributed by atoms with Gasteiger partial charge in [-0.2, -0.15) is 0 Å². The van der Waals surface area contributed by atoms with Crippen LogP contribution in [0.25, 0.3) is 11.5 Å². The zero-order valence-corrected chi connectivity index (χ0v) is 19.5. The van der Waals surface area contributed by atoms with Crippen molar-refractivity contribution < 1.29 is 28.2 Å². The summed E-state index contributed by atoms with van der Waals surface area (Å²) in [4.78, 5) is 17.0. The molecule has 4 rings (SSSR count). The molecule has 3 aromatic rings. The van der Waals surface area contributed by atoms with Gasteiger partial charge in [-0.3, -0.25) is 0 Å². The van der Waals surface area contributed by atoms with E-state index in [0.717, 1.165) is 24.8 Å². The summed E-state index contributed by atoms with van der Waals surface area (Å²) in [6.07, 6.45) is 4.09. The predicted octanol–water partition coefficient (Wildman–Crippen LogP) is 5.77. The van der Waals surface area contributed by atoms with E-state index in [-0.39, 0.29) is 31.1 Å². The van der Waals surface area contributed by atoms with Gasteiger partial charge in [0.2, 0.25) is 5.89 Å². The molecule has 1 aliphatic carbocycles. The van der Waals surface area contributed by atoms with Gasteiger partial charge in [-0.1, -0.05) is 24.6 Å². The van der Waals surface area contributed by atoms with Gasteiger partial charge < -0.3 is 19.0 Å². The third-order valence-electron chi connectivity index (χ3n) is 6.33. The molecular formula is C27H30FNO5. The minimum absolute atomic E-state index is 0.0270. The molecule has 1 aromatic heterocycles. The van der Waals surface area contributed by atoms with Gasteiger partial charge in [-0.05, 0) is 74.4 Å². The molecule has 1 fully saturated rings. The van der Waals surface area contributed by atoms with Crippen LogP contribution in [0.15, 0.2) is 53.1 Å². The molecule has 0 amide bonds. The lowest BCUT2D eigenvalue weighted by molar-refractivity contribution is -0.0261. The second-order valence-electron chi connectivity index (χ2n) is 8.72. The van der Waals surface area contributed by atoms with E-state index in [1.807, 2.05) is 19.1 Å². The first-order valence-electron chi connectivity index (χ1n) is 11.7. The molecule has 0 saturated heterocycles. The molecule has 6 nitrogen and oxygen atoms in total. The van der Waals surface area contributed by atoms with Crippen molar-refractivity contribution in [1.82, 2.24) is 4.98 Å². The minimum atomic E-state index is -0.775. The summed E-state index contributed by atoms with van der Waals surface area (Å²) in [6.45, 7) is 4.20. The Morgan fingerprint density at radius 2 is 2.03 bits per heavy atom. The fraction of sp³-hybridized carbons (Fsp3) is 0.407. The number of ether oxygens (including phenoxy) is 2. The maximum atomic E-state index is 13.1. The number of carbonyl (C=O) groups is 1. The van der Waals surface area contributed by atoms with E-state index in [4.69, 9.17) is 13.9 Å². The zero-order valence-electron chi connectivity index (χ0n) is 19.5. The summed E-state index contributed by atoms with van der Waals surface area (Å²) in [5, 5.41) is 11.2. The van der Waals surface area contributed by atoms with Crippen molar-refractivity contribution in [1.29, 1.82) is 0 Å². The number of hydrogen-bond acceptors (Lipinski definition) is 6. The second-order valence-corrected chi connectivity index (χ2v) is 8.72. The quantitative estimate of drug-likeness (QED) is 0.423. The van der Waals surface area contributed by atoms with Crippen molar-refractivity contribution in [3.05, 3.63) is 76.9 Å². The second kappa shape index (κ2) is 10.9. The predicted molar refractivity (Wildman–Crippen MR) is 125 cm³/mol. The van der Waals surface area contributed by atoms with Gasteiger partial charge in [0, 0.05) is 5.56 Å². The average Bonchev–Trinajstić information content (AvgIpc) is 3.32. The Morgan fingerprint density at radius 1 is 1.24 bits per heavy atom. The average molecular weight is 468 g/mol. The molecule has 3 unspecified atom stereocenters. The third kappa shape index (κ3) is 5.54. The van der Waals surface area contributed by atoms with E-state index in [2.05, 4.69) is 4.98 Å². The fourth-order valence-electron chi connectivity index (χ4n) is 4.59. The molecule has 1 aliphatic rings. The van der Waals surface area contributed by atoms with E-state index in [0.29, 0.717) is 34.7 Å². The van der Waals surface area contributed by atoms with Crippen molar-refractivity contribution in [2.45, 2.75) is 58.3 Å². The van der Waals surface area contributed by atoms with Crippen LogP contribution in [0.4, 0.5) is 4.39 Å². The number of rotatable bonds is 8. The van der Waals surface area contributed by atoms with Crippen LogP contribution in [-0.2, 0) is 16.1 Å². The highest BCUT2D eigenvalue weighted by Crippen LogP contribution is 2.38. The molecule has 1 N–H and O–H groups in total. The number of oxazole rings is 1. The number of halogens is 1. The normalized spacial score (nSPS) is 19.1. The number of esters is 1. The molecule has 0 bridgehead atoms. The van der Waals surface area contributed by atoms with Crippen LogP contribution in [0.5, 0.6) is 0 Å². The molecule has 1 saturated carbocycles. The highest BCUT2D eigenvalue weighted by Gasteiger charge is 2.31. The van der Waals surface area contributed by atoms with E-state index in [9.17, 15) is 14.3 Å². The SMILES string of the molecule is CCOC(=O)c1c(C)cccc1C(O)C1CCCC(OCc2coc(-c3ccc(F)cc3)n2)C1. The summed E-state index contributed by atoms with van der Waals surface area (Å²) in [5.41, 5.74) is 3.22. The van der Waals surface area contributed by atoms with Crippen molar-refractivity contribution in [3.8, 4) is 11.5 Å². The molecule has 0 aliphatic heterocycles. The number of benzene rings is 2. The maximum Gasteiger partial charge on any atom is 0.338 e. The first-order valence-corrected chi connectivity index (χ1v) is 11.7. The first-order chi connectivity index (χ1) is 16.5. The van der Waals surface area contributed by atoms with Crippen molar-refractivity contribution in [3.63, 3.8) is 0 Å². The minimum Gasteiger partial charge on any atom is -0.462 e. The van der Waals surface area contributed by atoms with Crippen LogP contribution in [-0.4, -0.2) is 28.8 Å². The summed E-state index contributed by atoms with van der Waals surface area (Å²) in [7, 11) is 0. The molecule has 7 heteroatoms. The van der Waals surface area contributed by atoms with Crippen LogP contribution in [0.1, 0.15) is 65.9 Å². The van der Waals surface area contributed by atoms with Gasteiger partial charge in [0.05, 0.1) is 31.0 Å². The number of aryl methyl sites for hydroxylation is 1. The Hall–Kier alpha value is -3.03. The Morgan fingerprint density at radius 3 is 2.79 bits per heavy atom. The topological polar surface area (TPSA) is 81.8 Å². The summed E-state index contributed by atoms with van der Waals surface area (Å²) < 4.78 is 30.0. The number of hydrogen-bond donors (Lipinski definition) is 1. The van der Waals surface area contributed by atoms with Gasteiger partial charge in [0.15, 0.2) is 0 Å². The Kier molecular flexibility index (Phi) is 7.75. The van der Waals surface area contributed by atoms with E-state index in [1.165, 1.54) is 12.1 Å². The fourth-order valence-corrected chi connectivity index (χ4v) is 4.59. The van der Waals surface area contributed by atoms with Crippen LogP contribution >= 0.6 is 0 Å². The summed E-state index contributed by atoms with van der Waals surface area (Å²) in [6, 6.07) is 11.5. The van der Waals surface area contributed by atoms with Gasteiger partial charge in [-0.15, -0.1) is 0 Å². The highest BCUT2D eigenvalue weighted by atomic mass is 19.1. The van der Waals surface area contributed by atoms with Crippen molar-refractivity contribution in [2.75, 3.05) is 6.61 Å². The Balaban J connectivity index is 1.39. The monoisotopic (exact) mass is 467 g/mol. The van der Waals surface area contributed by atoms with Crippen LogP contribution in [0.3, 0.4) is 0 Å². The lowest BCUT2D eigenvalue weighted by Crippen LogP contribution is -2.28. The van der Waals surface area contributed by atoms with Gasteiger partial charge in [0.25, 0.3) is 0 Å². The Bertz CT molecular complexity index is 1110. The van der Waals surface area contributed by atoms with E-state index < -0.39 is 12.1 Å². The number of nitrogens with zero attached hydrogens (tertiary/aromatic N) is 1. The molecule has 2 aromatic carbocycles. The number of carbonyl (C=O) groups excluding carboxylic acids is 1. The summed E-state index contributed by atoms with van der Waals surface area (Å²) in [5.74, 6) is -0.323. The molecule has 0 radical (unpaired) electrons. The van der Waals surface area contributed by atoms with Crippen molar-refractivity contribution in [2.24, 2.45) is 5.92 Å².